The summed E-state index contributed by atoms with van der Waals surface area (Å²) in [5, 5.41) is 5.66. The fourth-order valence-electron chi connectivity index (χ4n) is 1.96. The van der Waals surface area contributed by atoms with Crippen LogP contribution >= 0.6 is 0 Å². The van der Waals surface area contributed by atoms with Crippen molar-refractivity contribution in [3.05, 3.63) is 59.7 Å². The van der Waals surface area contributed by atoms with E-state index in [9.17, 15) is 4.79 Å². The lowest BCUT2D eigenvalue weighted by Gasteiger charge is -2.16. The maximum absolute atomic E-state index is 12.0. The van der Waals surface area contributed by atoms with Gasteiger partial charge in [-0.2, -0.15) is 0 Å². The molecule has 2 aromatic rings. The van der Waals surface area contributed by atoms with Crippen LogP contribution in [0.2, 0.25) is 0 Å². The van der Waals surface area contributed by atoms with Crippen molar-refractivity contribution in [3.63, 3.8) is 0 Å². The van der Waals surface area contributed by atoms with Gasteiger partial charge in [0.05, 0.1) is 17.4 Å². The Bertz CT molecular complexity index is 596. The molecule has 0 fully saturated rings. The molecule has 20 heavy (non-hydrogen) atoms. The van der Waals surface area contributed by atoms with E-state index in [0.29, 0.717) is 11.4 Å². The van der Waals surface area contributed by atoms with E-state index in [1.165, 1.54) is 0 Å². The average Bonchev–Trinajstić information content (AvgIpc) is 2.43. The maximum Gasteiger partial charge on any atom is 0.319 e. The third kappa shape index (κ3) is 3.51. The van der Waals surface area contributed by atoms with Crippen LogP contribution in [0.1, 0.15) is 24.1 Å². The second-order valence-corrected chi connectivity index (χ2v) is 4.82. The Hall–Kier alpha value is -2.49. The van der Waals surface area contributed by atoms with Crippen LogP contribution in [0.15, 0.2) is 48.5 Å². The van der Waals surface area contributed by atoms with Gasteiger partial charge in [0.1, 0.15) is 0 Å². The number of carbonyl (C=O) groups is 1. The van der Waals surface area contributed by atoms with Gasteiger partial charge in [0.2, 0.25) is 0 Å². The van der Waals surface area contributed by atoms with E-state index >= 15 is 0 Å². The van der Waals surface area contributed by atoms with Crippen molar-refractivity contribution in [2.45, 2.75) is 19.9 Å². The number of benzene rings is 2. The van der Waals surface area contributed by atoms with Crippen molar-refractivity contribution in [1.29, 1.82) is 0 Å². The Labute approximate surface area is 119 Å². The van der Waals surface area contributed by atoms with Gasteiger partial charge in [-0.15, -0.1) is 0 Å². The first-order valence-electron chi connectivity index (χ1n) is 6.55. The normalized spacial score (nSPS) is 11.7. The zero-order valence-electron chi connectivity index (χ0n) is 11.7. The summed E-state index contributed by atoms with van der Waals surface area (Å²) in [5.41, 5.74) is 9.12. The van der Waals surface area contributed by atoms with Gasteiger partial charge in [-0.25, -0.2) is 4.79 Å². The minimum Gasteiger partial charge on any atom is -0.397 e. The minimum absolute atomic E-state index is 0.0674. The van der Waals surface area contributed by atoms with Gasteiger partial charge in [0.15, 0.2) is 0 Å². The van der Waals surface area contributed by atoms with E-state index in [0.717, 1.165) is 11.1 Å². The van der Waals surface area contributed by atoms with Crippen molar-refractivity contribution in [3.8, 4) is 0 Å². The molecule has 0 heterocycles. The molecule has 0 saturated heterocycles. The first kappa shape index (κ1) is 13.9. The number of aryl methyl sites for hydroxylation is 1. The number of anilines is 2. The number of nitrogens with two attached hydrogens (primary N) is 1. The Balaban J connectivity index is 2.01. The van der Waals surface area contributed by atoms with Crippen LogP contribution in [0.25, 0.3) is 0 Å². The zero-order valence-corrected chi connectivity index (χ0v) is 11.7. The summed E-state index contributed by atoms with van der Waals surface area (Å²) >= 11 is 0. The molecule has 0 aliphatic heterocycles. The number of hydrogen-bond acceptors (Lipinski definition) is 2. The summed E-state index contributed by atoms with van der Waals surface area (Å²) in [7, 11) is 0. The Morgan fingerprint density at radius 1 is 1.15 bits per heavy atom. The van der Waals surface area contributed by atoms with Crippen LogP contribution in [-0.2, 0) is 0 Å². The van der Waals surface area contributed by atoms with Gasteiger partial charge >= 0.3 is 6.03 Å². The summed E-state index contributed by atoms with van der Waals surface area (Å²) in [4.78, 5) is 12.0. The predicted octanol–water partition coefficient (Wildman–Crippen LogP) is 3.46. The molecule has 0 radical (unpaired) electrons. The third-order valence-electron chi connectivity index (χ3n) is 3.10. The second kappa shape index (κ2) is 6.10. The molecule has 0 bridgehead atoms. The van der Waals surface area contributed by atoms with Crippen molar-refractivity contribution >= 4 is 17.4 Å². The number of urea groups is 1. The third-order valence-corrected chi connectivity index (χ3v) is 3.10. The van der Waals surface area contributed by atoms with Gasteiger partial charge < -0.3 is 16.4 Å². The molecule has 0 aliphatic rings. The Morgan fingerprint density at radius 2 is 1.85 bits per heavy atom. The van der Waals surface area contributed by atoms with E-state index in [4.69, 9.17) is 5.73 Å². The molecule has 4 heteroatoms. The first-order valence-corrected chi connectivity index (χ1v) is 6.55. The highest BCUT2D eigenvalue weighted by Gasteiger charge is 2.10. The van der Waals surface area contributed by atoms with Crippen LogP contribution in [0.4, 0.5) is 16.2 Å². The van der Waals surface area contributed by atoms with E-state index in [1.807, 2.05) is 56.3 Å². The van der Waals surface area contributed by atoms with Gasteiger partial charge in [0, 0.05) is 0 Å². The van der Waals surface area contributed by atoms with Gasteiger partial charge in [-0.05, 0) is 37.1 Å². The number of hydrogen-bond donors (Lipinski definition) is 3. The molecule has 0 spiro atoms. The van der Waals surface area contributed by atoms with Crippen LogP contribution in [-0.4, -0.2) is 6.03 Å². The molecule has 4 nitrogen and oxygen atoms in total. The lowest BCUT2D eigenvalue weighted by atomic mass is 10.1. The minimum atomic E-state index is -0.265. The molecule has 0 aliphatic carbocycles. The summed E-state index contributed by atoms with van der Waals surface area (Å²) in [6.07, 6.45) is 0. The number of carbonyl (C=O) groups excluding carboxylic acids is 1. The molecule has 0 saturated carbocycles. The monoisotopic (exact) mass is 269 g/mol. The molecular weight excluding hydrogens is 250 g/mol. The van der Waals surface area contributed by atoms with Gasteiger partial charge in [-0.3, -0.25) is 0 Å². The van der Waals surface area contributed by atoms with E-state index < -0.39 is 0 Å². The van der Waals surface area contributed by atoms with Crippen molar-refractivity contribution in [2.75, 3.05) is 11.1 Å². The standard InChI is InChI=1S/C16H19N3O/c1-11-8-9-14(17)15(10-11)19-16(20)18-12(2)13-6-4-3-5-7-13/h3-10,12H,17H2,1-2H3,(H2,18,19,20)/t12-/m0/s1. The highest BCUT2D eigenvalue weighted by Crippen LogP contribution is 2.20. The lowest BCUT2D eigenvalue weighted by Crippen LogP contribution is -2.31. The number of amides is 2. The molecule has 2 rings (SSSR count). The van der Waals surface area contributed by atoms with E-state index in [1.54, 1.807) is 6.07 Å². The highest BCUT2D eigenvalue weighted by atomic mass is 16.2. The highest BCUT2D eigenvalue weighted by molar-refractivity contribution is 5.92. The molecule has 4 N–H and O–H groups in total. The maximum atomic E-state index is 12.0. The molecule has 104 valence electrons. The van der Waals surface area contributed by atoms with Crippen LogP contribution in [0.5, 0.6) is 0 Å². The molecule has 0 aromatic heterocycles. The predicted molar refractivity (Wildman–Crippen MR) is 82.6 cm³/mol. The summed E-state index contributed by atoms with van der Waals surface area (Å²) < 4.78 is 0. The smallest absolute Gasteiger partial charge is 0.319 e. The quantitative estimate of drug-likeness (QED) is 0.747. The van der Waals surface area contributed by atoms with Crippen LogP contribution in [0, 0.1) is 6.92 Å². The first-order chi connectivity index (χ1) is 9.56. The molecule has 2 aromatic carbocycles. The topological polar surface area (TPSA) is 67.1 Å². The fraction of sp³-hybridized carbons (Fsp3) is 0.188. The molecule has 1 atom stereocenters. The number of nitrogens with one attached hydrogen (secondary N) is 2. The SMILES string of the molecule is Cc1ccc(N)c(NC(=O)N[C@@H](C)c2ccccc2)c1. The van der Waals surface area contributed by atoms with Crippen molar-refractivity contribution in [1.82, 2.24) is 5.32 Å². The van der Waals surface area contributed by atoms with Gasteiger partial charge in [0.25, 0.3) is 0 Å². The molecular formula is C16H19N3O. The zero-order chi connectivity index (χ0) is 14.5. The van der Waals surface area contributed by atoms with E-state index in [-0.39, 0.29) is 12.1 Å². The van der Waals surface area contributed by atoms with Crippen molar-refractivity contribution < 1.29 is 4.79 Å². The summed E-state index contributed by atoms with van der Waals surface area (Å²) in [6, 6.07) is 15.0. The van der Waals surface area contributed by atoms with Crippen molar-refractivity contribution in [2.24, 2.45) is 0 Å². The largest absolute Gasteiger partial charge is 0.397 e. The lowest BCUT2D eigenvalue weighted by molar-refractivity contribution is 0.249. The van der Waals surface area contributed by atoms with Gasteiger partial charge in [-0.1, -0.05) is 36.4 Å². The Kier molecular flexibility index (Phi) is 4.25. The number of rotatable bonds is 3. The average molecular weight is 269 g/mol. The summed E-state index contributed by atoms with van der Waals surface area (Å²) in [5.74, 6) is 0. The number of nitrogen functional groups attached to an aromatic ring is 1. The second-order valence-electron chi connectivity index (χ2n) is 4.82. The van der Waals surface area contributed by atoms with Crippen LogP contribution in [0.3, 0.4) is 0 Å². The van der Waals surface area contributed by atoms with E-state index in [2.05, 4.69) is 10.6 Å². The molecule has 2 amide bonds. The fourth-order valence-corrected chi connectivity index (χ4v) is 1.96. The van der Waals surface area contributed by atoms with Crippen LogP contribution < -0.4 is 16.4 Å². The summed E-state index contributed by atoms with van der Waals surface area (Å²) in [6.45, 7) is 3.89. The molecule has 0 unspecified atom stereocenters. The Morgan fingerprint density at radius 3 is 2.55 bits per heavy atom.